The van der Waals surface area contributed by atoms with Crippen LogP contribution in [-0.4, -0.2) is 25.0 Å². The van der Waals surface area contributed by atoms with Crippen molar-refractivity contribution in [2.75, 3.05) is 20.1 Å². The smallest absolute Gasteiger partial charge is 0.124 e. The monoisotopic (exact) mass is 248 g/mol. The standard InChI is InChI=1S/C15H21FN2/c1-12(2)10-18(3)11-14-7-13(5-4-6-17)8-15(16)9-14/h7-9,12H,6,10-11,17H2,1-3H3. The van der Waals surface area contributed by atoms with Crippen molar-refractivity contribution in [1.82, 2.24) is 4.90 Å². The van der Waals surface area contributed by atoms with Gasteiger partial charge in [0, 0.05) is 18.7 Å². The second kappa shape index (κ2) is 7.15. The Bertz CT molecular complexity index is 444. The maximum atomic E-state index is 13.5. The van der Waals surface area contributed by atoms with E-state index in [1.807, 2.05) is 13.1 Å². The molecule has 0 bridgehead atoms. The molecule has 0 heterocycles. The van der Waals surface area contributed by atoms with Gasteiger partial charge < -0.3 is 10.6 Å². The zero-order valence-electron chi connectivity index (χ0n) is 11.3. The van der Waals surface area contributed by atoms with Crippen molar-refractivity contribution >= 4 is 0 Å². The molecule has 0 atom stereocenters. The minimum Gasteiger partial charge on any atom is -0.320 e. The number of halogens is 1. The summed E-state index contributed by atoms with van der Waals surface area (Å²) >= 11 is 0. The van der Waals surface area contributed by atoms with Gasteiger partial charge in [0.25, 0.3) is 0 Å². The van der Waals surface area contributed by atoms with Gasteiger partial charge in [0.15, 0.2) is 0 Å². The minimum absolute atomic E-state index is 0.244. The van der Waals surface area contributed by atoms with Crippen LogP contribution >= 0.6 is 0 Å². The molecule has 0 radical (unpaired) electrons. The van der Waals surface area contributed by atoms with Crippen molar-refractivity contribution in [3.63, 3.8) is 0 Å². The van der Waals surface area contributed by atoms with Gasteiger partial charge in [-0.1, -0.05) is 25.7 Å². The van der Waals surface area contributed by atoms with Crippen LogP contribution in [0.1, 0.15) is 25.0 Å². The summed E-state index contributed by atoms with van der Waals surface area (Å²) in [4.78, 5) is 2.18. The largest absolute Gasteiger partial charge is 0.320 e. The minimum atomic E-state index is -0.244. The van der Waals surface area contributed by atoms with Crippen molar-refractivity contribution in [3.8, 4) is 11.8 Å². The third-order valence-electron chi connectivity index (χ3n) is 2.42. The lowest BCUT2D eigenvalue weighted by Gasteiger charge is -2.19. The van der Waals surface area contributed by atoms with Gasteiger partial charge in [-0.2, -0.15) is 0 Å². The van der Waals surface area contributed by atoms with Crippen LogP contribution in [-0.2, 0) is 6.54 Å². The van der Waals surface area contributed by atoms with Gasteiger partial charge >= 0.3 is 0 Å². The third kappa shape index (κ3) is 5.31. The molecule has 1 rings (SSSR count). The van der Waals surface area contributed by atoms with E-state index in [9.17, 15) is 4.39 Å². The van der Waals surface area contributed by atoms with E-state index >= 15 is 0 Å². The zero-order chi connectivity index (χ0) is 13.5. The molecular formula is C15H21FN2. The highest BCUT2D eigenvalue weighted by Gasteiger charge is 2.05. The molecule has 0 saturated heterocycles. The molecule has 3 heteroatoms. The van der Waals surface area contributed by atoms with Crippen molar-refractivity contribution < 1.29 is 4.39 Å². The molecule has 0 amide bonds. The maximum absolute atomic E-state index is 13.5. The third-order valence-corrected chi connectivity index (χ3v) is 2.42. The Labute approximate surface area is 109 Å². The predicted octanol–water partition coefficient (Wildman–Crippen LogP) is 2.22. The molecule has 1 aromatic carbocycles. The van der Waals surface area contributed by atoms with Gasteiger partial charge in [0.2, 0.25) is 0 Å². The summed E-state index contributed by atoms with van der Waals surface area (Å²) in [5.41, 5.74) is 6.94. The quantitative estimate of drug-likeness (QED) is 0.828. The first-order chi connectivity index (χ1) is 8.51. The van der Waals surface area contributed by atoms with Crippen LogP contribution in [0, 0.1) is 23.6 Å². The molecular weight excluding hydrogens is 227 g/mol. The van der Waals surface area contributed by atoms with Gasteiger partial charge in [-0.15, -0.1) is 0 Å². The molecule has 2 N–H and O–H groups in total. The highest BCUT2D eigenvalue weighted by Crippen LogP contribution is 2.11. The summed E-state index contributed by atoms with van der Waals surface area (Å²) < 4.78 is 13.5. The van der Waals surface area contributed by atoms with Gasteiger partial charge in [0.05, 0.1) is 6.54 Å². The van der Waals surface area contributed by atoms with Crippen LogP contribution in [0.2, 0.25) is 0 Å². The molecule has 0 aliphatic heterocycles. The van der Waals surface area contributed by atoms with Crippen molar-refractivity contribution in [1.29, 1.82) is 0 Å². The molecule has 98 valence electrons. The SMILES string of the molecule is CC(C)CN(C)Cc1cc(F)cc(C#CCN)c1. The summed E-state index contributed by atoms with van der Waals surface area (Å²) in [6.45, 7) is 6.34. The summed E-state index contributed by atoms with van der Waals surface area (Å²) in [5.74, 6) is 5.96. The van der Waals surface area contributed by atoms with E-state index in [0.29, 0.717) is 18.0 Å². The molecule has 2 nitrogen and oxygen atoms in total. The lowest BCUT2D eigenvalue weighted by molar-refractivity contribution is 0.288. The Kier molecular flexibility index (Phi) is 5.84. The first kappa shape index (κ1) is 14.7. The number of nitrogens with two attached hydrogens (primary N) is 1. The van der Waals surface area contributed by atoms with Crippen LogP contribution in [0.15, 0.2) is 18.2 Å². The van der Waals surface area contributed by atoms with Crippen LogP contribution in [0.25, 0.3) is 0 Å². The fourth-order valence-electron chi connectivity index (χ4n) is 1.97. The van der Waals surface area contributed by atoms with Crippen molar-refractivity contribution in [2.24, 2.45) is 11.7 Å². The number of benzene rings is 1. The molecule has 0 unspecified atom stereocenters. The first-order valence-electron chi connectivity index (χ1n) is 6.18. The van der Waals surface area contributed by atoms with E-state index in [4.69, 9.17) is 5.73 Å². The predicted molar refractivity (Wildman–Crippen MR) is 73.5 cm³/mol. The zero-order valence-corrected chi connectivity index (χ0v) is 11.3. The Hall–Kier alpha value is -1.37. The van der Waals surface area contributed by atoms with Gasteiger partial charge in [0.1, 0.15) is 5.82 Å². The maximum Gasteiger partial charge on any atom is 0.124 e. The van der Waals surface area contributed by atoms with Crippen LogP contribution in [0.3, 0.4) is 0 Å². The van der Waals surface area contributed by atoms with Gasteiger partial charge in [-0.05, 0) is 36.7 Å². The topological polar surface area (TPSA) is 29.3 Å². The molecule has 0 spiro atoms. The molecule has 0 saturated carbocycles. The van der Waals surface area contributed by atoms with Gasteiger partial charge in [-0.25, -0.2) is 4.39 Å². The normalized spacial score (nSPS) is 10.6. The number of hydrogen-bond acceptors (Lipinski definition) is 2. The van der Waals surface area contributed by atoms with E-state index in [2.05, 4.69) is 30.6 Å². The lowest BCUT2D eigenvalue weighted by atomic mass is 10.1. The van der Waals surface area contributed by atoms with E-state index in [0.717, 1.165) is 18.7 Å². The first-order valence-corrected chi connectivity index (χ1v) is 6.18. The Balaban J connectivity index is 2.79. The van der Waals surface area contributed by atoms with E-state index < -0.39 is 0 Å². The number of hydrogen-bond donors (Lipinski definition) is 1. The molecule has 18 heavy (non-hydrogen) atoms. The second-order valence-electron chi connectivity index (χ2n) is 4.94. The van der Waals surface area contributed by atoms with Crippen LogP contribution < -0.4 is 5.73 Å². The van der Waals surface area contributed by atoms with E-state index in [1.54, 1.807) is 6.07 Å². The summed E-state index contributed by atoms with van der Waals surface area (Å²) in [7, 11) is 2.04. The van der Waals surface area contributed by atoms with Crippen LogP contribution in [0.5, 0.6) is 0 Å². The lowest BCUT2D eigenvalue weighted by Crippen LogP contribution is -2.22. The van der Waals surface area contributed by atoms with E-state index in [1.165, 1.54) is 6.07 Å². The highest BCUT2D eigenvalue weighted by atomic mass is 19.1. The average molecular weight is 248 g/mol. The molecule has 1 aromatic rings. The molecule has 0 aliphatic rings. The second-order valence-corrected chi connectivity index (χ2v) is 4.94. The Morgan fingerprint density at radius 3 is 2.67 bits per heavy atom. The molecule has 0 fully saturated rings. The summed E-state index contributed by atoms with van der Waals surface area (Å²) in [6.07, 6.45) is 0. The fourth-order valence-corrected chi connectivity index (χ4v) is 1.97. The Morgan fingerprint density at radius 1 is 1.33 bits per heavy atom. The van der Waals surface area contributed by atoms with Gasteiger partial charge in [-0.3, -0.25) is 0 Å². The highest BCUT2D eigenvalue weighted by molar-refractivity contribution is 5.37. The molecule has 0 aromatic heterocycles. The molecule has 0 aliphatic carbocycles. The number of nitrogens with zero attached hydrogens (tertiary/aromatic N) is 1. The van der Waals surface area contributed by atoms with Crippen LogP contribution in [0.4, 0.5) is 4.39 Å². The average Bonchev–Trinajstić information content (AvgIpc) is 2.24. The van der Waals surface area contributed by atoms with Crippen molar-refractivity contribution in [2.45, 2.75) is 20.4 Å². The fraction of sp³-hybridized carbons (Fsp3) is 0.467. The summed E-state index contributed by atoms with van der Waals surface area (Å²) in [6, 6.07) is 4.92. The number of rotatable bonds is 4. The summed E-state index contributed by atoms with van der Waals surface area (Å²) in [5, 5.41) is 0. The van der Waals surface area contributed by atoms with Crippen molar-refractivity contribution in [3.05, 3.63) is 35.1 Å². The van der Waals surface area contributed by atoms with E-state index in [-0.39, 0.29) is 5.82 Å². The Morgan fingerprint density at radius 2 is 2.06 bits per heavy atom.